The van der Waals surface area contributed by atoms with Crippen molar-refractivity contribution in [3.05, 3.63) is 108 Å². The van der Waals surface area contributed by atoms with Gasteiger partial charge in [-0.1, -0.05) is 97.1 Å². The van der Waals surface area contributed by atoms with Crippen LogP contribution in [0.4, 0.5) is 0 Å². The Kier molecular flexibility index (Phi) is 4.90. The van der Waals surface area contributed by atoms with Crippen molar-refractivity contribution in [2.45, 2.75) is 6.16 Å². The fraction of sp³-hybridized carbons (Fsp3) is 0.0476. The summed E-state index contributed by atoms with van der Waals surface area (Å²) in [5.41, 5.74) is 2.16. The maximum atomic E-state index is 13.7. The molecule has 0 aliphatic rings. The van der Waals surface area contributed by atoms with E-state index in [1.807, 2.05) is 103 Å². The van der Waals surface area contributed by atoms with Gasteiger partial charge in [0.15, 0.2) is 0 Å². The molecular formula is C21H19OP. The summed E-state index contributed by atoms with van der Waals surface area (Å²) in [5.74, 6) is 1.89. The third-order valence-electron chi connectivity index (χ3n) is 3.76. The summed E-state index contributed by atoms with van der Waals surface area (Å²) in [6, 6.07) is 29.8. The Bertz CT molecular complexity index is 808. The van der Waals surface area contributed by atoms with Gasteiger partial charge < -0.3 is 4.57 Å². The monoisotopic (exact) mass is 318 g/mol. The Hall–Kier alpha value is -2.37. The normalized spacial score (nSPS) is 13.7. The van der Waals surface area contributed by atoms with Crippen molar-refractivity contribution in [1.29, 1.82) is 0 Å². The highest BCUT2D eigenvalue weighted by Crippen LogP contribution is 2.49. The van der Waals surface area contributed by atoms with E-state index in [0.717, 1.165) is 16.4 Å². The van der Waals surface area contributed by atoms with Crippen molar-refractivity contribution in [2.75, 3.05) is 0 Å². The first kappa shape index (κ1) is 15.5. The second kappa shape index (κ2) is 7.26. The SMILES string of the molecule is O=P(/C=C\c1ccccc1)(Cc1ccccc1)c1ccccc1. The van der Waals surface area contributed by atoms with Crippen molar-refractivity contribution in [3.8, 4) is 0 Å². The quantitative estimate of drug-likeness (QED) is 0.564. The summed E-state index contributed by atoms with van der Waals surface area (Å²) in [6.45, 7) is 0. The lowest BCUT2D eigenvalue weighted by atomic mass is 10.2. The Morgan fingerprint density at radius 1 is 0.696 bits per heavy atom. The number of hydrogen-bond donors (Lipinski definition) is 0. The van der Waals surface area contributed by atoms with E-state index in [2.05, 4.69) is 0 Å². The van der Waals surface area contributed by atoms with E-state index in [-0.39, 0.29) is 0 Å². The van der Waals surface area contributed by atoms with Gasteiger partial charge in [0.2, 0.25) is 0 Å². The molecule has 1 atom stereocenters. The van der Waals surface area contributed by atoms with Crippen LogP contribution in [0, 0.1) is 0 Å². The molecule has 0 aliphatic carbocycles. The molecule has 0 bridgehead atoms. The largest absolute Gasteiger partial charge is 0.314 e. The Morgan fingerprint density at radius 2 is 1.22 bits per heavy atom. The maximum Gasteiger partial charge on any atom is 0.140 e. The molecule has 0 radical (unpaired) electrons. The zero-order valence-electron chi connectivity index (χ0n) is 12.9. The minimum atomic E-state index is -2.64. The van der Waals surface area contributed by atoms with Gasteiger partial charge in [-0.3, -0.25) is 0 Å². The third-order valence-corrected chi connectivity index (χ3v) is 6.40. The van der Waals surface area contributed by atoms with Crippen LogP contribution in [-0.2, 0) is 10.7 Å². The molecule has 0 aliphatic heterocycles. The Morgan fingerprint density at radius 3 is 1.83 bits per heavy atom. The maximum absolute atomic E-state index is 13.7. The first-order valence-corrected chi connectivity index (χ1v) is 9.65. The average molecular weight is 318 g/mol. The van der Waals surface area contributed by atoms with Crippen LogP contribution < -0.4 is 5.30 Å². The van der Waals surface area contributed by atoms with Gasteiger partial charge in [0.25, 0.3) is 0 Å². The summed E-state index contributed by atoms with van der Waals surface area (Å²) >= 11 is 0. The highest BCUT2D eigenvalue weighted by atomic mass is 31.2. The first-order chi connectivity index (χ1) is 11.3. The zero-order valence-corrected chi connectivity index (χ0v) is 13.8. The molecule has 0 saturated carbocycles. The van der Waals surface area contributed by atoms with Crippen LogP contribution in [0.3, 0.4) is 0 Å². The van der Waals surface area contributed by atoms with E-state index in [1.165, 1.54) is 0 Å². The molecule has 0 amide bonds. The van der Waals surface area contributed by atoms with Crippen molar-refractivity contribution < 1.29 is 4.57 Å². The average Bonchev–Trinajstić information content (AvgIpc) is 2.63. The highest BCUT2D eigenvalue weighted by molar-refractivity contribution is 7.73. The minimum absolute atomic E-state index is 0.543. The van der Waals surface area contributed by atoms with E-state index in [0.29, 0.717) is 6.16 Å². The fourth-order valence-electron chi connectivity index (χ4n) is 2.54. The molecule has 0 fully saturated rings. The van der Waals surface area contributed by atoms with Gasteiger partial charge in [0.1, 0.15) is 7.14 Å². The van der Waals surface area contributed by atoms with Crippen LogP contribution in [0.1, 0.15) is 11.1 Å². The van der Waals surface area contributed by atoms with E-state index in [4.69, 9.17) is 0 Å². The highest BCUT2D eigenvalue weighted by Gasteiger charge is 2.21. The van der Waals surface area contributed by atoms with Crippen LogP contribution in [-0.4, -0.2) is 0 Å². The van der Waals surface area contributed by atoms with Crippen molar-refractivity contribution in [1.82, 2.24) is 0 Å². The summed E-state index contributed by atoms with van der Waals surface area (Å²) in [6.07, 6.45) is 2.51. The summed E-state index contributed by atoms with van der Waals surface area (Å²) in [7, 11) is -2.64. The van der Waals surface area contributed by atoms with Crippen LogP contribution >= 0.6 is 7.14 Å². The zero-order chi connectivity index (χ0) is 16.0. The predicted octanol–water partition coefficient (Wildman–Crippen LogP) is 5.55. The first-order valence-electron chi connectivity index (χ1n) is 7.69. The summed E-state index contributed by atoms with van der Waals surface area (Å²) in [4.78, 5) is 0. The van der Waals surface area contributed by atoms with Crippen molar-refractivity contribution >= 4 is 18.5 Å². The van der Waals surface area contributed by atoms with Crippen LogP contribution in [0.2, 0.25) is 0 Å². The molecule has 1 nitrogen and oxygen atoms in total. The lowest BCUT2D eigenvalue weighted by Crippen LogP contribution is -2.04. The molecule has 1 unspecified atom stereocenters. The minimum Gasteiger partial charge on any atom is -0.314 e. The molecule has 114 valence electrons. The van der Waals surface area contributed by atoms with Crippen LogP contribution in [0.25, 0.3) is 6.08 Å². The number of hydrogen-bond acceptors (Lipinski definition) is 1. The van der Waals surface area contributed by atoms with Gasteiger partial charge in [0, 0.05) is 11.5 Å². The second-order valence-corrected chi connectivity index (χ2v) is 8.22. The molecule has 3 aromatic rings. The number of rotatable bonds is 5. The Balaban J connectivity index is 1.97. The van der Waals surface area contributed by atoms with E-state index >= 15 is 0 Å². The molecule has 3 rings (SSSR count). The second-order valence-electron chi connectivity index (χ2n) is 5.50. The van der Waals surface area contributed by atoms with Crippen LogP contribution in [0.5, 0.6) is 0 Å². The topological polar surface area (TPSA) is 17.1 Å². The van der Waals surface area contributed by atoms with Gasteiger partial charge >= 0.3 is 0 Å². The standard InChI is InChI=1S/C21H19OP/c22-23(21-14-8-3-9-15-21,18-20-12-6-2-7-13-20)17-16-19-10-4-1-5-11-19/h1-17H,18H2/b17-16-. The number of benzene rings is 3. The molecule has 0 saturated heterocycles. The van der Waals surface area contributed by atoms with Gasteiger partial charge in [0.05, 0.1) is 0 Å². The molecule has 0 spiro atoms. The summed E-state index contributed by atoms with van der Waals surface area (Å²) < 4.78 is 13.7. The van der Waals surface area contributed by atoms with Gasteiger partial charge in [-0.05, 0) is 16.9 Å². The molecule has 23 heavy (non-hydrogen) atoms. The molecular weight excluding hydrogens is 299 g/mol. The van der Waals surface area contributed by atoms with E-state index < -0.39 is 7.14 Å². The molecule has 0 aromatic heterocycles. The lowest BCUT2D eigenvalue weighted by molar-refractivity contribution is 0.586. The smallest absolute Gasteiger partial charge is 0.140 e. The third kappa shape index (κ3) is 4.09. The van der Waals surface area contributed by atoms with Crippen LogP contribution in [0.15, 0.2) is 96.8 Å². The van der Waals surface area contributed by atoms with Gasteiger partial charge in [-0.15, -0.1) is 0 Å². The van der Waals surface area contributed by atoms with E-state index in [9.17, 15) is 4.57 Å². The fourth-order valence-corrected chi connectivity index (χ4v) is 4.84. The molecule has 3 aromatic carbocycles. The summed E-state index contributed by atoms with van der Waals surface area (Å²) in [5, 5.41) is 0.899. The van der Waals surface area contributed by atoms with Crippen molar-refractivity contribution in [2.24, 2.45) is 0 Å². The van der Waals surface area contributed by atoms with Crippen molar-refractivity contribution in [3.63, 3.8) is 0 Å². The Labute approximate surface area is 137 Å². The van der Waals surface area contributed by atoms with Gasteiger partial charge in [-0.2, -0.15) is 0 Å². The predicted molar refractivity (Wildman–Crippen MR) is 99.3 cm³/mol. The molecule has 2 heteroatoms. The lowest BCUT2D eigenvalue weighted by Gasteiger charge is -2.15. The van der Waals surface area contributed by atoms with E-state index in [1.54, 1.807) is 0 Å². The molecule has 0 heterocycles. The van der Waals surface area contributed by atoms with Gasteiger partial charge in [-0.25, -0.2) is 0 Å². The molecule has 0 N–H and O–H groups in total.